The molecule has 6 nitrogen and oxygen atoms in total. The van der Waals surface area contributed by atoms with Crippen molar-refractivity contribution in [2.75, 3.05) is 53.0 Å². The van der Waals surface area contributed by atoms with Gasteiger partial charge in [-0.25, -0.2) is 0 Å². The van der Waals surface area contributed by atoms with E-state index in [2.05, 4.69) is 59.5 Å². The van der Waals surface area contributed by atoms with Crippen LogP contribution < -0.4 is 15.4 Å². The predicted molar refractivity (Wildman–Crippen MR) is 121 cm³/mol. The Morgan fingerprint density at radius 3 is 2.76 bits per heavy atom. The van der Waals surface area contributed by atoms with E-state index < -0.39 is 0 Å². The van der Waals surface area contributed by atoms with Crippen molar-refractivity contribution in [3.05, 3.63) is 29.3 Å². The third-order valence-corrected chi connectivity index (χ3v) is 5.48. The van der Waals surface area contributed by atoms with Crippen LogP contribution in [0.5, 0.6) is 5.75 Å². The van der Waals surface area contributed by atoms with Crippen LogP contribution in [0.4, 0.5) is 0 Å². The van der Waals surface area contributed by atoms with Crippen LogP contribution in [-0.2, 0) is 11.3 Å². The van der Waals surface area contributed by atoms with Crippen LogP contribution >= 0.6 is 0 Å². The van der Waals surface area contributed by atoms with E-state index in [9.17, 15) is 0 Å². The highest BCUT2D eigenvalue weighted by Crippen LogP contribution is 2.22. The number of ether oxygens (including phenoxy) is 2. The number of hydrogen-bond acceptors (Lipinski definition) is 4. The van der Waals surface area contributed by atoms with Gasteiger partial charge in [0.05, 0.1) is 13.2 Å². The number of aryl methyl sites for hydroxylation is 1. The van der Waals surface area contributed by atoms with Crippen molar-refractivity contribution < 1.29 is 9.47 Å². The molecule has 1 atom stereocenters. The zero-order valence-corrected chi connectivity index (χ0v) is 18.8. The molecule has 6 heteroatoms. The summed E-state index contributed by atoms with van der Waals surface area (Å²) in [5.74, 6) is 2.30. The van der Waals surface area contributed by atoms with Gasteiger partial charge in [-0.3, -0.25) is 4.99 Å². The van der Waals surface area contributed by atoms with E-state index in [4.69, 9.17) is 9.47 Å². The van der Waals surface area contributed by atoms with Gasteiger partial charge in [0, 0.05) is 38.2 Å². The SMILES string of the molecule is CCN(CC)CCCCNC(=NC)NCc1ccc(C)cc1OCC1CCOC1. The number of aliphatic imine (C=N–C) groups is 1. The monoisotopic (exact) mass is 404 g/mol. The first-order chi connectivity index (χ1) is 14.2. The maximum absolute atomic E-state index is 6.14. The average Bonchev–Trinajstić information content (AvgIpc) is 3.26. The average molecular weight is 405 g/mol. The molecule has 1 unspecified atom stereocenters. The van der Waals surface area contributed by atoms with Gasteiger partial charge in [-0.05, 0) is 57.5 Å². The van der Waals surface area contributed by atoms with E-state index in [1.54, 1.807) is 0 Å². The largest absolute Gasteiger partial charge is 0.493 e. The Bertz CT molecular complexity index is 611. The molecule has 1 aromatic carbocycles. The fourth-order valence-corrected chi connectivity index (χ4v) is 3.47. The molecule has 1 saturated heterocycles. The molecule has 0 bridgehead atoms. The van der Waals surface area contributed by atoms with Crippen molar-refractivity contribution >= 4 is 5.96 Å². The highest BCUT2D eigenvalue weighted by molar-refractivity contribution is 5.79. The summed E-state index contributed by atoms with van der Waals surface area (Å²) in [5, 5.41) is 6.84. The van der Waals surface area contributed by atoms with Crippen molar-refractivity contribution in [3.63, 3.8) is 0 Å². The molecule has 1 heterocycles. The summed E-state index contributed by atoms with van der Waals surface area (Å²) >= 11 is 0. The molecule has 2 rings (SSSR count). The molecule has 1 aliphatic heterocycles. The molecule has 0 aromatic heterocycles. The number of benzene rings is 1. The maximum atomic E-state index is 6.14. The molecule has 0 radical (unpaired) electrons. The fraction of sp³-hybridized carbons (Fsp3) is 0.696. The summed E-state index contributed by atoms with van der Waals surface area (Å²) in [6, 6.07) is 6.39. The highest BCUT2D eigenvalue weighted by Gasteiger charge is 2.17. The van der Waals surface area contributed by atoms with E-state index >= 15 is 0 Å². The summed E-state index contributed by atoms with van der Waals surface area (Å²) in [5.41, 5.74) is 2.36. The van der Waals surface area contributed by atoms with E-state index in [1.165, 1.54) is 12.0 Å². The van der Waals surface area contributed by atoms with E-state index in [0.717, 1.165) is 76.1 Å². The third-order valence-electron chi connectivity index (χ3n) is 5.48. The summed E-state index contributed by atoms with van der Waals surface area (Å²) < 4.78 is 11.6. The van der Waals surface area contributed by atoms with Crippen molar-refractivity contribution in [1.29, 1.82) is 0 Å². The molecule has 0 saturated carbocycles. The Kier molecular flexibility index (Phi) is 10.9. The summed E-state index contributed by atoms with van der Waals surface area (Å²) in [4.78, 5) is 6.81. The van der Waals surface area contributed by atoms with Crippen LogP contribution in [0.2, 0.25) is 0 Å². The summed E-state index contributed by atoms with van der Waals surface area (Å²) in [6.07, 6.45) is 3.43. The van der Waals surface area contributed by atoms with Gasteiger partial charge < -0.3 is 25.0 Å². The predicted octanol–water partition coefficient (Wildman–Crippen LogP) is 3.20. The van der Waals surface area contributed by atoms with Crippen molar-refractivity contribution in [2.45, 2.75) is 46.6 Å². The zero-order chi connectivity index (χ0) is 20.9. The minimum Gasteiger partial charge on any atom is -0.493 e. The summed E-state index contributed by atoms with van der Waals surface area (Å²) in [7, 11) is 1.82. The van der Waals surface area contributed by atoms with Crippen molar-refractivity contribution in [2.24, 2.45) is 10.9 Å². The zero-order valence-electron chi connectivity index (χ0n) is 18.8. The van der Waals surface area contributed by atoms with Gasteiger partial charge >= 0.3 is 0 Å². The lowest BCUT2D eigenvalue weighted by molar-refractivity contribution is 0.166. The minimum atomic E-state index is 0.502. The van der Waals surface area contributed by atoms with Crippen LogP contribution in [0.1, 0.15) is 44.2 Å². The first-order valence-electron chi connectivity index (χ1n) is 11.1. The number of nitrogens with zero attached hydrogens (tertiary/aromatic N) is 2. The van der Waals surface area contributed by atoms with Crippen LogP contribution in [-0.4, -0.2) is 63.9 Å². The van der Waals surface area contributed by atoms with Gasteiger partial charge in [-0.15, -0.1) is 0 Å². The molecule has 1 aliphatic rings. The highest BCUT2D eigenvalue weighted by atomic mass is 16.5. The molecular formula is C23H40N4O2. The second-order valence-electron chi connectivity index (χ2n) is 7.74. The maximum Gasteiger partial charge on any atom is 0.191 e. The van der Waals surface area contributed by atoms with Crippen LogP contribution in [0, 0.1) is 12.8 Å². The van der Waals surface area contributed by atoms with Gasteiger partial charge in [-0.1, -0.05) is 26.0 Å². The minimum absolute atomic E-state index is 0.502. The molecule has 164 valence electrons. The Balaban J connectivity index is 1.76. The molecular weight excluding hydrogens is 364 g/mol. The first-order valence-corrected chi connectivity index (χ1v) is 11.1. The topological polar surface area (TPSA) is 58.1 Å². The lowest BCUT2D eigenvalue weighted by atomic mass is 10.1. The van der Waals surface area contributed by atoms with E-state index in [1.807, 2.05) is 7.05 Å². The smallest absolute Gasteiger partial charge is 0.191 e. The molecule has 0 spiro atoms. The Hall–Kier alpha value is -1.79. The Labute approximate surface area is 177 Å². The lowest BCUT2D eigenvalue weighted by Crippen LogP contribution is -2.37. The molecule has 0 aliphatic carbocycles. The lowest BCUT2D eigenvalue weighted by Gasteiger charge is -2.18. The Morgan fingerprint density at radius 1 is 1.24 bits per heavy atom. The molecule has 29 heavy (non-hydrogen) atoms. The van der Waals surface area contributed by atoms with Crippen LogP contribution in [0.15, 0.2) is 23.2 Å². The Morgan fingerprint density at radius 2 is 2.07 bits per heavy atom. The second-order valence-corrected chi connectivity index (χ2v) is 7.74. The van der Waals surface area contributed by atoms with Gasteiger partial charge in [0.25, 0.3) is 0 Å². The fourth-order valence-electron chi connectivity index (χ4n) is 3.47. The van der Waals surface area contributed by atoms with Gasteiger partial charge in [-0.2, -0.15) is 0 Å². The number of guanidine groups is 1. The quantitative estimate of drug-likeness (QED) is 0.318. The second kappa shape index (κ2) is 13.4. The van der Waals surface area contributed by atoms with E-state index in [0.29, 0.717) is 12.5 Å². The number of hydrogen-bond donors (Lipinski definition) is 2. The van der Waals surface area contributed by atoms with Gasteiger partial charge in [0.1, 0.15) is 5.75 Å². The summed E-state index contributed by atoms with van der Waals surface area (Å²) in [6.45, 7) is 14.0. The number of unbranched alkanes of at least 4 members (excludes halogenated alkanes) is 1. The normalized spacial score (nSPS) is 17.0. The molecule has 2 N–H and O–H groups in total. The van der Waals surface area contributed by atoms with Crippen molar-refractivity contribution in [3.8, 4) is 5.75 Å². The third kappa shape index (κ3) is 8.62. The number of nitrogens with one attached hydrogen (secondary N) is 2. The molecule has 1 aromatic rings. The molecule has 0 amide bonds. The number of rotatable bonds is 12. The van der Waals surface area contributed by atoms with E-state index in [-0.39, 0.29) is 0 Å². The van der Waals surface area contributed by atoms with Crippen LogP contribution in [0.25, 0.3) is 0 Å². The van der Waals surface area contributed by atoms with Gasteiger partial charge in [0.2, 0.25) is 0 Å². The standard InChI is InChI=1S/C23H40N4O2/c1-5-27(6-2)13-8-7-12-25-23(24-4)26-16-21-10-9-19(3)15-22(21)29-18-20-11-14-28-17-20/h9-10,15,20H,5-8,11-14,16-18H2,1-4H3,(H2,24,25,26). The van der Waals surface area contributed by atoms with Crippen molar-refractivity contribution in [1.82, 2.24) is 15.5 Å². The molecule has 1 fully saturated rings. The van der Waals surface area contributed by atoms with Crippen LogP contribution in [0.3, 0.4) is 0 Å². The van der Waals surface area contributed by atoms with Gasteiger partial charge in [0.15, 0.2) is 5.96 Å². The first kappa shape index (κ1) is 23.5.